The van der Waals surface area contributed by atoms with Gasteiger partial charge in [0.05, 0.1) is 15.6 Å². The topological polar surface area (TPSA) is 24.9 Å². The number of nitrogens with one attached hydrogen (secondary N) is 1. The first kappa shape index (κ1) is 12.9. The molecular formula is C16H16Cl2N2. The van der Waals surface area contributed by atoms with Crippen LogP contribution in [0, 0.1) is 0 Å². The second kappa shape index (κ2) is 4.87. The van der Waals surface area contributed by atoms with E-state index < -0.39 is 0 Å². The van der Waals surface area contributed by atoms with Crippen LogP contribution in [0.3, 0.4) is 0 Å². The molecule has 0 saturated heterocycles. The Kier molecular flexibility index (Phi) is 3.13. The van der Waals surface area contributed by atoms with Gasteiger partial charge in [-0.1, -0.05) is 29.3 Å². The minimum Gasteiger partial charge on any atom is -0.310 e. The van der Waals surface area contributed by atoms with Gasteiger partial charge in [-0.15, -0.1) is 0 Å². The molecule has 1 fully saturated rings. The van der Waals surface area contributed by atoms with E-state index in [1.54, 1.807) is 0 Å². The summed E-state index contributed by atoms with van der Waals surface area (Å²) < 4.78 is 0. The van der Waals surface area contributed by atoms with Crippen molar-refractivity contribution in [3.8, 4) is 0 Å². The summed E-state index contributed by atoms with van der Waals surface area (Å²) in [4.78, 5) is 4.78. The van der Waals surface area contributed by atoms with E-state index in [1.807, 2.05) is 6.07 Å². The molecule has 2 aromatic rings. The maximum Gasteiger partial charge on any atom is 0.0910 e. The van der Waals surface area contributed by atoms with Crippen LogP contribution in [-0.4, -0.2) is 11.0 Å². The smallest absolute Gasteiger partial charge is 0.0910 e. The summed E-state index contributed by atoms with van der Waals surface area (Å²) in [6, 6.07) is 4.66. The molecule has 0 unspecified atom stereocenters. The van der Waals surface area contributed by atoms with Crippen LogP contribution in [0.5, 0.6) is 0 Å². The van der Waals surface area contributed by atoms with Gasteiger partial charge in [-0.25, -0.2) is 0 Å². The van der Waals surface area contributed by atoms with Gasteiger partial charge in [0.2, 0.25) is 0 Å². The molecule has 0 radical (unpaired) electrons. The van der Waals surface area contributed by atoms with Gasteiger partial charge in [-0.3, -0.25) is 4.98 Å². The van der Waals surface area contributed by atoms with Gasteiger partial charge in [0, 0.05) is 23.7 Å². The zero-order valence-electron chi connectivity index (χ0n) is 11.2. The number of aromatic nitrogens is 1. The molecule has 4 rings (SSSR count). The summed E-state index contributed by atoms with van der Waals surface area (Å²) in [7, 11) is 0. The van der Waals surface area contributed by atoms with Crippen LogP contribution in [0.2, 0.25) is 10.0 Å². The summed E-state index contributed by atoms with van der Waals surface area (Å²) in [6.45, 7) is 0.921. The van der Waals surface area contributed by atoms with Crippen molar-refractivity contribution in [3.63, 3.8) is 0 Å². The number of hydrogen-bond acceptors (Lipinski definition) is 2. The second-order valence-electron chi connectivity index (χ2n) is 5.78. The van der Waals surface area contributed by atoms with E-state index in [0.717, 1.165) is 30.3 Å². The maximum atomic E-state index is 6.36. The van der Waals surface area contributed by atoms with Crippen molar-refractivity contribution >= 4 is 34.1 Å². The lowest BCUT2D eigenvalue weighted by molar-refractivity contribution is 0.686. The number of fused-ring (bicyclic) bond motifs is 2. The van der Waals surface area contributed by atoms with Crippen molar-refractivity contribution in [1.29, 1.82) is 0 Å². The number of halogens is 2. The lowest BCUT2D eigenvalue weighted by Gasteiger charge is -2.14. The standard InChI is InChI=1S/C16H16Cl2N2/c17-13-7-6-11-12(8-19-9-4-5-9)10-2-1-3-14(10)20-16(11)15(13)18/h6-7,9,19H,1-5,8H2. The molecule has 1 saturated carbocycles. The molecule has 4 heteroatoms. The predicted molar refractivity (Wildman–Crippen MR) is 83.6 cm³/mol. The summed E-state index contributed by atoms with van der Waals surface area (Å²) in [5, 5.41) is 5.96. The predicted octanol–water partition coefficient (Wildman–Crippen LogP) is 4.28. The molecule has 1 aromatic heterocycles. The van der Waals surface area contributed by atoms with E-state index in [9.17, 15) is 0 Å². The van der Waals surface area contributed by atoms with Gasteiger partial charge in [-0.05, 0) is 49.3 Å². The van der Waals surface area contributed by atoms with E-state index in [1.165, 1.54) is 36.1 Å². The molecule has 1 aromatic carbocycles. The van der Waals surface area contributed by atoms with Crippen LogP contribution in [0.1, 0.15) is 36.1 Å². The van der Waals surface area contributed by atoms with Gasteiger partial charge < -0.3 is 5.32 Å². The van der Waals surface area contributed by atoms with E-state index >= 15 is 0 Å². The molecule has 0 bridgehead atoms. The highest BCUT2D eigenvalue weighted by molar-refractivity contribution is 6.45. The van der Waals surface area contributed by atoms with Crippen LogP contribution in [0.4, 0.5) is 0 Å². The Hall–Kier alpha value is -0.830. The zero-order valence-corrected chi connectivity index (χ0v) is 12.7. The summed E-state index contributed by atoms with van der Waals surface area (Å²) in [5.41, 5.74) is 4.90. The number of aryl methyl sites for hydroxylation is 1. The normalized spacial score (nSPS) is 17.7. The fourth-order valence-electron chi connectivity index (χ4n) is 3.10. The first-order chi connectivity index (χ1) is 9.74. The highest BCUT2D eigenvalue weighted by Gasteiger charge is 2.24. The SMILES string of the molecule is Clc1ccc2c(CNC3CC3)c3c(nc2c1Cl)CCC3. The van der Waals surface area contributed by atoms with Gasteiger partial charge in [-0.2, -0.15) is 0 Å². The van der Waals surface area contributed by atoms with Crippen molar-refractivity contribution < 1.29 is 0 Å². The van der Waals surface area contributed by atoms with E-state index in [-0.39, 0.29) is 0 Å². The summed E-state index contributed by atoms with van der Waals surface area (Å²) in [5.74, 6) is 0. The van der Waals surface area contributed by atoms with E-state index in [2.05, 4.69) is 11.4 Å². The Morgan fingerprint density at radius 3 is 2.85 bits per heavy atom. The molecule has 20 heavy (non-hydrogen) atoms. The Morgan fingerprint density at radius 1 is 1.20 bits per heavy atom. The fraction of sp³-hybridized carbons (Fsp3) is 0.438. The van der Waals surface area contributed by atoms with Gasteiger partial charge in [0.25, 0.3) is 0 Å². The first-order valence-electron chi connectivity index (χ1n) is 7.26. The molecule has 0 atom stereocenters. The number of benzene rings is 1. The molecule has 0 aliphatic heterocycles. The maximum absolute atomic E-state index is 6.36. The van der Waals surface area contributed by atoms with Crippen LogP contribution in [0.15, 0.2) is 12.1 Å². The number of hydrogen-bond donors (Lipinski definition) is 1. The minimum atomic E-state index is 0.589. The molecule has 2 nitrogen and oxygen atoms in total. The third-order valence-corrected chi connectivity index (χ3v) is 5.13. The molecule has 2 aliphatic rings. The quantitative estimate of drug-likeness (QED) is 0.915. The monoisotopic (exact) mass is 306 g/mol. The largest absolute Gasteiger partial charge is 0.310 e. The minimum absolute atomic E-state index is 0.589. The lowest BCUT2D eigenvalue weighted by atomic mass is 10.0. The van der Waals surface area contributed by atoms with Crippen molar-refractivity contribution in [2.24, 2.45) is 0 Å². The molecule has 104 valence electrons. The summed E-state index contributed by atoms with van der Waals surface area (Å²) >= 11 is 12.5. The highest BCUT2D eigenvalue weighted by atomic mass is 35.5. The lowest BCUT2D eigenvalue weighted by Crippen LogP contribution is -2.17. The molecule has 2 aliphatic carbocycles. The van der Waals surface area contributed by atoms with E-state index in [4.69, 9.17) is 28.2 Å². The van der Waals surface area contributed by atoms with Crippen LogP contribution >= 0.6 is 23.2 Å². The van der Waals surface area contributed by atoms with Gasteiger partial charge in [0.15, 0.2) is 0 Å². The number of nitrogens with zero attached hydrogens (tertiary/aromatic N) is 1. The van der Waals surface area contributed by atoms with Crippen molar-refractivity contribution in [3.05, 3.63) is 39.0 Å². The third kappa shape index (κ3) is 2.11. The van der Waals surface area contributed by atoms with Gasteiger partial charge >= 0.3 is 0 Å². The van der Waals surface area contributed by atoms with Crippen molar-refractivity contribution in [2.75, 3.05) is 0 Å². The third-order valence-electron chi connectivity index (χ3n) is 4.34. The molecule has 1 heterocycles. The first-order valence-corrected chi connectivity index (χ1v) is 8.01. The van der Waals surface area contributed by atoms with Crippen LogP contribution in [0.25, 0.3) is 10.9 Å². The average Bonchev–Trinajstić information content (AvgIpc) is 3.16. The Labute approximate surface area is 128 Å². The Balaban J connectivity index is 1.90. The molecule has 0 amide bonds. The molecule has 1 N–H and O–H groups in total. The van der Waals surface area contributed by atoms with Crippen LogP contribution in [-0.2, 0) is 19.4 Å². The second-order valence-corrected chi connectivity index (χ2v) is 6.57. The number of pyridine rings is 1. The highest BCUT2D eigenvalue weighted by Crippen LogP contribution is 2.36. The summed E-state index contributed by atoms with van der Waals surface area (Å²) in [6.07, 6.45) is 6.00. The van der Waals surface area contributed by atoms with Crippen molar-refractivity contribution in [2.45, 2.75) is 44.7 Å². The Morgan fingerprint density at radius 2 is 2.05 bits per heavy atom. The molecular weight excluding hydrogens is 291 g/mol. The number of rotatable bonds is 3. The van der Waals surface area contributed by atoms with Gasteiger partial charge in [0.1, 0.15) is 0 Å². The van der Waals surface area contributed by atoms with Crippen LogP contribution < -0.4 is 5.32 Å². The van der Waals surface area contributed by atoms with Crippen molar-refractivity contribution in [1.82, 2.24) is 10.3 Å². The van der Waals surface area contributed by atoms with E-state index in [0.29, 0.717) is 16.1 Å². The fourth-order valence-corrected chi connectivity index (χ4v) is 3.46. The average molecular weight is 307 g/mol. The molecule has 0 spiro atoms. The zero-order chi connectivity index (χ0) is 13.7. The Bertz CT molecular complexity index is 693.